The van der Waals surface area contributed by atoms with E-state index in [1.54, 1.807) is 0 Å². The fourth-order valence-corrected chi connectivity index (χ4v) is 0.701. The molecule has 0 aromatic rings. The van der Waals surface area contributed by atoms with Crippen LogP contribution in [0, 0.1) is 5.92 Å². The molecule has 8 heavy (non-hydrogen) atoms. The molecule has 0 aromatic carbocycles. The van der Waals surface area contributed by atoms with Crippen molar-refractivity contribution in [3.05, 3.63) is 0 Å². The maximum absolute atomic E-state index is 5.16. The van der Waals surface area contributed by atoms with Gasteiger partial charge < -0.3 is 4.74 Å². The van der Waals surface area contributed by atoms with Crippen molar-refractivity contribution in [1.82, 2.24) is 0 Å². The second-order valence-corrected chi connectivity index (χ2v) is 2.22. The normalized spacial score (nSPS) is 18.6. The molecule has 2 heteroatoms. The molecule has 0 fully saturated rings. The molecule has 46 valence electrons. The maximum Gasteiger partial charge on any atom is 0.186 e. The summed E-state index contributed by atoms with van der Waals surface area (Å²) in [6, 6.07) is 0. The molecule has 0 bridgehead atoms. The van der Waals surface area contributed by atoms with Crippen LogP contribution in [0.2, 0.25) is 0 Å². The van der Waals surface area contributed by atoms with E-state index in [9.17, 15) is 0 Å². The van der Waals surface area contributed by atoms with Gasteiger partial charge in [-0.1, -0.05) is 13.8 Å². The van der Waals surface area contributed by atoms with Crippen LogP contribution in [0.3, 0.4) is 0 Å². The third-order valence-electron chi connectivity index (χ3n) is 1.10. The van der Waals surface area contributed by atoms with Crippen molar-refractivity contribution in [3.8, 4) is 0 Å². The van der Waals surface area contributed by atoms with Gasteiger partial charge in [-0.3, -0.25) is 4.99 Å². The zero-order valence-electron chi connectivity index (χ0n) is 5.35. The van der Waals surface area contributed by atoms with Gasteiger partial charge in [-0.05, 0) is 0 Å². The number of rotatable bonds is 1. The largest absolute Gasteiger partial charge is 0.479 e. The first-order valence-electron chi connectivity index (χ1n) is 2.98. The van der Waals surface area contributed by atoms with Crippen LogP contribution in [0.5, 0.6) is 0 Å². The molecular weight excluding hydrogens is 102 g/mol. The van der Waals surface area contributed by atoms with Crippen LogP contribution in [-0.4, -0.2) is 19.0 Å². The van der Waals surface area contributed by atoms with Crippen LogP contribution in [0.1, 0.15) is 13.8 Å². The molecule has 0 spiro atoms. The molecule has 1 aliphatic rings. The average Bonchev–Trinajstić information content (AvgIpc) is 2.12. The quantitative estimate of drug-likeness (QED) is 0.498. The lowest BCUT2D eigenvalue weighted by Gasteiger charge is -2.01. The molecule has 0 aromatic heterocycles. The topological polar surface area (TPSA) is 21.6 Å². The lowest BCUT2D eigenvalue weighted by molar-refractivity contribution is 0.328. The summed E-state index contributed by atoms with van der Waals surface area (Å²) in [5, 5.41) is 0. The van der Waals surface area contributed by atoms with Crippen molar-refractivity contribution >= 4 is 5.90 Å². The van der Waals surface area contributed by atoms with Crippen molar-refractivity contribution in [2.75, 3.05) is 13.2 Å². The van der Waals surface area contributed by atoms with E-state index in [1.165, 1.54) is 0 Å². The fraction of sp³-hybridized carbons (Fsp3) is 0.833. The highest BCUT2D eigenvalue weighted by Gasteiger charge is 2.09. The molecule has 0 atom stereocenters. The highest BCUT2D eigenvalue weighted by Crippen LogP contribution is 2.03. The summed E-state index contributed by atoms with van der Waals surface area (Å²) in [7, 11) is 0. The van der Waals surface area contributed by atoms with Gasteiger partial charge in [0.25, 0.3) is 0 Å². The number of hydrogen-bond acceptors (Lipinski definition) is 2. The molecule has 0 saturated heterocycles. The Balaban J connectivity index is 2.45. The van der Waals surface area contributed by atoms with Crippen molar-refractivity contribution in [2.24, 2.45) is 10.9 Å². The van der Waals surface area contributed by atoms with Crippen molar-refractivity contribution in [1.29, 1.82) is 0 Å². The van der Waals surface area contributed by atoms with Gasteiger partial charge in [0.1, 0.15) is 6.61 Å². The Kier molecular flexibility index (Phi) is 1.51. The highest BCUT2D eigenvalue weighted by molar-refractivity contribution is 5.79. The number of ether oxygens (including phenoxy) is 1. The third kappa shape index (κ3) is 0.997. The highest BCUT2D eigenvalue weighted by atomic mass is 16.5. The summed E-state index contributed by atoms with van der Waals surface area (Å²) >= 11 is 0. The monoisotopic (exact) mass is 113 g/mol. The Morgan fingerprint density at radius 3 is 2.62 bits per heavy atom. The van der Waals surface area contributed by atoms with Gasteiger partial charge in [-0.25, -0.2) is 0 Å². The average molecular weight is 113 g/mol. The van der Waals surface area contributed by atoms with E-state index in [0.29, 0.717) is 5.92 Å². The Morgan fingerprint density at radius 1 is 1.62 bits per heavy atom. The van der Waals surface area contributed by atoms with Crippen molar-refractivity contribution in [2.45, 2.75) is 13.8 Å². The van der Waals surface area contributed by atoms with Gasteiger partial charge in [0.05, 0.1) is 6.54 Å². The minimum absolute atomic E-state index is 0.470. The molecular formula is C6H11NO. The maximum atomic E-state index is 5.16. The molecule has 1 heterocycles. The SMILES string of the molecule is CC(C)C1=NCCO1. The van der Waals surface area contributed by atoms with Crippen LogP contribution < -0.4 is 0 Å². The van der Waals surface area contributed by atoms with E-state index < -0.39 is 0 Å². The van der Waals surface area contributed by atoms with Gasteiger partial charge in [-0.2, -0.15) is 0 Å². The smallest absolute Gasteiger partial charge is 0.186 e. The minimum atomic E-state index is 0.470. The Labute approximate surface area is 49.6 Å². The zero-order chi connectivity index (χ0) is 5.98. The van der Waals surface area contributed by atoms with Gasteiger partial charge >= 0.3 is 0 Å². The molecule has 0 N–H and O–H groups in total. The second kappa shape index (κ2) is 2.16. The Bertz CT molecular complexity index is 107. The van der Waals surface area contributed by atoms with E-state index in [4.69, 9.17) is 4.74 Å². The number of aliphatic imine (C=N–C) groups is 1. The summed E-state index contributed by atoms with van der Waals surface area (Å²) in [6.07, 6.45) is 0. The van der Waals surface area contributed by atoms with E-state index >= 15 is 0 Å². The van der Waals surface area contributed by atoms with Crippen LogP contribution in [0.15, 0.2) is 4.99 Å². The molecule has 0 saturated carbocycles. The lowest BCUT2D eigenvalue weighted by Crippen LogP contribution is -2.06. The summed E-state index contributed by atoms with van der Waals surface area (Å²) < 4.78 is 5.16. The Morgan fingerprint density at radius 2 is 2.38 bits per heavy atom. The fourth-order valence-electron chi connectivity index (χ4n) is 0.701. The first-order chi connectivity index (χ1) is 3.80. The summed E-state index contributed by atoms with van der Waals surface area (Å²) in [5.74, 6) is 1.39. The predicted molar refractivity (Wildman–Crippen MR) is 33.1 cm³/mol. The third-order valence-corrected chi connectivity index (χ3v) is 1.10. The van der Waals surface area contributed by atoms with Crippen LogP contribution >= 0.6 is 0 Å². The second-order valence-electron chi connectivity index (χ2n) is 2.22. The van der Waals surface area contributed by atoms with Crippen molar-refractivity contribution < 1.29 is 4.74 Å². The first kappa shape index (κ1) is 5.60. The molecule has 0 radical (unpaired) electrons. The molecule has 0 aliphatic carbocycles. The van der Waals surface area contributed by atoms with Crippen LogP contribution in [0.25, 0.3) is 0 Å². The van der Waals surface area contributed by atoms with E-state index in [2.05, 4.69) is 18.8 Å². The Hall–Kier alpha value is -0.530. The minimum Gasteiger partial charge on any atom is -0.479 e. The van der Waals surface area contributed by atoms with Gasteiger partial charge in [0, 0.05) is 5.92 Å². The van der Waals surface area contributed by atoms with E-state index in [-0.39, 0.29) is 0 Å². The number of hydrogen-bond donors (Lipinski definition) is 0. The first-order valence-corrected chi connectivity index (χ1v) is 2.98. The van der Waals surface area contributed by atoms with E-state index in [0.717, 1.165) is 19.0 Å². The van der Waals surface area contributed by atoms with Gasteiger partial charge in [-0.15, -0.1) is 0 Å². The standard InChI is InChI=1S/C6H11NO/c1-5(2)6-7-3-4-8-6/h5H,3-4H2,1-2H3. The molecule has 1 rings (SSSR count). The summed E-state index contributed by atoms with van der Waals surface area (Å²) in [6.45, 7) is 5.81. The summed E-state index contributed by atoms with van der Waals surface area (Å²) in [5.41, 5.74) is 0. The molecule has 0 unspecified atom stereocenters. The van der Waals surface area contributed by atoms with Crippen LogP contribution in [0.4, 0.5) is 0 Å². The predicted octanol–water partition coefficient (Wildman–Crippen LogP) is 1.07. The van der Waals surface area contributed by atoms with Gasteiger partial charge in [0.15, 0.2) is 5.90 Å². The molecule has 1 aliphatic heterocycles. The zero-order valence-corrected chi connectivity index (χ0v) is 5.35. The van der Waals surface area contributed by atoms with Crippen LogP contribution in [-0.2, 0) is 4.74 Å². The van der Waals surface area contributed by atoms with Gasteiger partial charge in [0.2, 0.25) is 0 Å². The summed E-state index contributed by atoms with van der Waals surface area (Å²) in [4.78, 5) is 4.13. The molecule has 2 nitrogen and oxygen atoms in total. The lowest BCUT2D eigenvalue weighted by atomic mass is 10.2. The number of nitrogens with zero attached hydrogens (tertiary/aromatic N) is 1. The van der Waals surface area contributed by atoms with E-state index in [1.807, 2.05) is 0 Å². The molecule has 0 amide bonds. The van der Waals surface area contributed by atoms with Crippen molar-refractivity contribution in [3.63, 3.8) is 0 Å².